The van der Waals surface area contributed by atoms with Gasteiger partial charge in [0.2, 0.25) is 5.82 Å². The normalized spacial score (nSPS) is 11.1. The molecule has 4 aromatic rings. The first-order valence-corrected chi connectivity index (χ1v) is 9.77. The molecule has 8 heteroatoms. The van der Waals surface area contributed by atoms with Crippen LogP contribution in [-0.4, -0.2) is 30.0 Å². The van der Waals surface area contributed by atoms with Gasteiger partial charge in [-0.2, -0.15) is 9.90 Å². The molecule has 0 aliphatic carbocycles. The molecule has 2 heterocycles. The highest BCUT2D eigenvalue weighted by atomic mass is 79.9. The summed E-state index contributed by atoms with van der Waals surface area (Å²) >= 11 is 8.11. The Morgan fingerprint density at radius 3 is 2.63 bits per heavy atom. The smallest absolute Gasteiger partial charge is 0.209 e. The van der Waals surface area contributed by atoms with Crippen LogP contribution in [0, 0.1) is 0 Å². The molecule has 27 heavy (non-hydrogen) atoms. The fraction of sp³-hybridized carbons (Fsp3) is 0.158. The molecule has 0 aliphatic heterocycles. The lowest BCUT2D eigenvalue weighted by atomic mass is 10.1. The second-order valence-electron chi connectivity index (χ2n) is 6.05. The summed E-state index contributed by atoms with van der Waals surface area (Å²) in [6, 6.07) is 16.2. The van der Waals surface area contributed by atoms with E-state index in [1.807, 2.05) is 47.1 Å². The zero-order valence-electron chi connectivity index (χ0n) is 14.6. The summed E-state index contributed by atoms with van der Waals surface area (Å²) in [5.74, 6) is 0.511. The topological polar surface area (TPSA) is 61.4 Å². The average Bonchev–Trinajstić information content (AvgIpc) is 3.30. The minimum atomic E-state index is 0.511. The molecule has 0 aliphatic rings. The molecule has 0 radical (unpaired) electrons. The van der Waals surface area contributed by atoms with Crippen LogP contribution in [0.4, 0.5) is 0 Å². The van der Waals surface area contributed by atoms with Gasteiger partial charge in [0.15, 0.2) is 0 Å². The van der Waals surface area contributed by atoms with Gasteiger partial charge in [-0.05, 0) is 41.0 Å². The van der Waals surface area contributed by atoms with E-state index in [2.05, 4.69) is 62.1 Å². The van der Waals surface area contributed by atoms with E-state index in [0.29, 0.717) is 17.4 Å². The molecule has 0 saturated carbocycles. The molecular weight excluding hydrogens is 424 g/mol. The van der Waals surface area contributed by atoms with Gasteiger partial charge in [0.1, 0.15) is 5.03 Å². The summed E-state index contributed by atoms with van der Waals surface area (Å²) in [4.78, 5) is 1.57. The summed E-state index contributed by atoms with van der Waals surface area (Å²) in [5, 5.41) is 18.0. The third-order valence-electron chi connectivity index (χ3n) is 4.28. The highest BCUT2D eigenvalue weighted by Gasteiger charge is 2.16. The van der Waals surface area contributed by atoms with E-state index < -0.39 is 0 Å². The van der Waals surface area contributed by atoms with Crippen molar-refractivity contribution in [2.45, 2.75) is 24.9 Å². The van der Waals surface area contributed by atoms with E-state index in [4.69, 9.17) is 0 Å². The summed E-state index contributed by atoms with van der Waals surface area (Å²) in [6.45, 7) is 2.67. The van der Waals surface area contributed by atoms with E-state index in [0.717, 1.165) is 27.7 Å². The quantitative estimate of drug-likeness (QED) is 0.472. The Balaban J connectivity index is 1.62. The number of benzene rings is 2. The Kier molecular flexibility index (Phi) is 5.09. The summed E-state index contributed by atoms with van der Waals surface area (Å²) in [7, 11) is 0. The second kappa shape index (κ2) is 7.66. The Labute approximate surface area is 170 Å². The maximum absolute atomic E-state index is 4.67. The predicted octanol–water partition coefficient (Wildman–Crippen LogP) is 4.19. The SMILES string of the molecule is CCc1ccccc1-n1ncc(-c2nnn(Cc3ccc(Br)cc3)n2)c1S. The molecule has 0 saturated heterocycles. The minimum Gasteiger partial charge on any atom is -0.226 e. The number of hydrogen-bond acceptors (Lipinski definition) is 5. The van der Waals surface area contributed by atoms with Crippen molar-refractivity contribution in [3.05, 3.63) is 70.3 Å². The first-order valence-electron chi connectivity index (χ1n) is 8.53. The van der Waals surface area contributed by atoms with E-state index in [1.165, 1.54) is 5.56 Å². The van der Waals surface area contributed by atoms with E-state index in [9.17, 15) is 0 Å². The standard InChI is InChI=1S/C19H17BrN6S/c1-2-14-5-3-4-6-17(14)26-19(27)16(11-21-26)18-22-24-25(23-18)12-13-7-9-15(20)10-8-13/h3-11,27H,2,12H2,1H3. The van der Waals surface area contributed by atoms with Gasteiger partial charge >= 0.3 is 0 Å². The number of tetrazole rings is 1. The highest BCUT2D eigenvalue weighted by Crippen LogP contribution is 2.27. The van der Waals surface area contributed by atoms with Crippen LogP contribution >= 0.6 is 28.6 Å². The van der Waals surface area contributed by atoms with E-state index >= 15 is 0 Å². The third-order valence-corrected chi connectivity index (χ3v) is 5.23. The van der Waals surface area contributed by atoms with Gasteiger partial charge in [0.25, 0.3) is 0 Å². The van der Waals surface area contributed by atoms with Gasteiger partial charge in [0.05, 0.1) is 24.0 Å². The van der Waals surface area contributed by atoms with Crippen LogP contribution in [0.5, 0.6) is 0 Å². The Hall–Kier alpha value is -2.45. The van der Waals surface area contributed by atoms with Crippen LogP contribution in [0.15, 0.2) is 64.2 Å². The van der Waals surface area contributed by atoms with Crippen LogP contribution < -0.4 is 0 Å². The summed E-state index contributed by atoms with van der Waals surface area (Å²) in [5.41, 5.74) is 4.07. The lowest BCUT2D eigenvalue weighted by Gasteiger charge is -2.09. The lowest BCUT2D eigenvalue weighted by Crippen LogP contribution is -2.03. The molecule has 4 rings (SSSR count). The van der Waals surface area contributed by atoms with Gasteiger partial charge in [-0.15, -0.1) is 22.8 Å². The predicted molar refractivity (Wildman–Crippen MR) is 110 cm³/mol. The molecular formula is C19H17BrN6S. The second-order valence-corrected chi connectivity index (χ2v) is 7.39. The van der Waals surface area contributed by atoms with Crippen molar-refractivity contribution < 1.29 is 0 Å². The van der Waals surface area contributed by atoms with Crippen molar-refractivity contribution in [1.82, 2.24) is 30.0 Å². The molecule has 0 unspecified atom stereocenters. The number of hydrogen-bond donors (Lipinski definition) is 1. The number of thiol groups is 1. The number of aryl methyl sites for hydroxylation is 1. The van der Waals surface area contributed by atoms with E-state index in [1.54, 1.807) is 11.0 Å². The summed E-state index contributed by atoms with van der Waals surface area (Å²) < 4.78 is 2.85. The number of rotatable bonds is 5. The highest BCUT2D eigenvalue weighted by molar-refractivity contribution is 9.10. The minimum absolute atomic E-state index is 0.511. The zero-order chi connectivity index (χ0) is 18.8. The molecule has 0 N–H and O–H groups in total. The number of para-hydroxylation sites is 1. The first kappa shape index (κ1) is 17.9. The number of halogens is 1. The van der Waals surface area contributed by atoms with Gasteiger partial charge in [-0.3, -0.25) is 0 Å². The Morgan fingerprint density at radius 2 is 1.85 bits per heavy atom. The van der Waals surface area contributed by atoms with E-state index in [-0.39, 0.29) is 0 Å². The van der Waals surface area contributed by atoms with Crippen LogP contribution in [0.1, 0.15) is 18.1 Å². The van der Waals surface area contributed by atoms with Crippen LogP contribution in [0.25, 0.3) is 17.1 Å². The molecule has 0 bridgehead atoms. The maximum atomic E-state index is 4.67. The molecule has 0 spiro atoms. The number of aromatic nitrogens is 6. The summed E-state index contributed by atoms with van der Waals surface area (Å²) in [6.07, 6.45) is 2.65. The molecule has 2 aromatic heterocycles. The van der Waals surface area contributed by atoms with Crippen molar-refractivity contribution in [1.29, 1.82) is 0 Å². The first-order chi connectivity index (χ1) is 13.2. The molecule has 0 fully saturated rings. The van der Waals surface area contributed by atoms with Crippen LogP contribution in [0.2, 0.25) is 0 Å². The fourth-order valence-corrected chi connectivity index (χ4v) is 3.45. The lowest BCUT2D eigenvalue weighted by molar-refractivity contribution is 0.573. The van der Waals surface area contributed by atoms with Crippen molar-refractivity contribution in [2.24, 2.45) is 0 Å². The maximum Gasteiger partial charge on any atom is 0.209 e. The van der Waals surface area contributed by atoms with Gasteiger partial charge in [-0.25, -0.2) is 4.68 Å². The molecule has 2 aromatic carbocycles. The van der Waals surface area contributed by atoms with Crippen LogP contribution in [-0.2, 0) is 13.0 Å². The molecule has 0 atom stereocenters. The van der Waals surface area contributed by atoms with Crippen molar-refractivity contribution in [3.8, 4) is 17.1 Å². The van der Waals surface area contributed by atoms with Crippen molar-refractivity contribution in [3.63, 3.8) is 0 Å². The molecule has 6 nitrogen and oxygen atoms in total. The van der Waals surface area contributed by atoms with Crippen molar-refractivity contribution >= 4 is 28.6 Å². The van der Waals surface area contributed by atoms with Crippen molar-refractivity contribution in [2.75, 3.05) is 0 Å². The molecule has 136 valence electrons. The van der Waals surface area contributed by atoms with Crippen LogP contribution in [0.3, 0.4) is 0 Å². The Bertz CT molecular complexity index is 1070. The van der Waals surface area contributed by atoms with Gasteiger partial charge in [0, 0.05) is 4.47 Å². The number of nitrogens with zero attached hydrogens (tertiary/aromatic N) is 6. The Morgan fingerprint density at radius 1 is 1.07 bits per heavy atom. The zero-order valence-corrected chi connectivity index (χ0v) is 17.1. The third kappa shape index (κ3) is 3.68. The largest absolute Gasteiger partial charge is 0.226 e. The average molecular weight is 441 g/mol. The van der Waals surface area contributed by atoms with Gasteiger partial charge in [-0.1, -0.05) is 53.2 Å². The fourth-order valence-electron chi connectivity index (χ4n) is 2.86. The van der Waals surface area contributed by atoms with Gasteiger partial charge < -0.3 is 0 Å². The monoisotopic (exact) mass is 440 g/mol. The molecule has 0 amide bonds.